The van der Waals surface area contributed by atoms with Crippen molar-refractivity contribution >= 4 is 27.4 Å². The normalized spacial score (nSPS) is 14.4. The smallest absolute Gasteiger partial charge is 0.274 e. The summed E-state index contributed by atoms with van der Waals surface area (Å²) in [5.74, 6) is -0.0118. The molecule has 4 rings (SSSR count). The van der Waals surface area contributed by atoms with E-state index in [1.807, 2.05) is 35.4 Å². The predicted molar refractivity (Wildman–Crippen MR) is 82.1 cm³/mol. The molecule has 1 aliphatic rings. The lowest BCUT2D eigenvalue weighted by Gasteiger charge is -2.28. The average molecular weight is 345 g/mol. The van der Waals surface area contributed by atoms with Crippen molar-refractivity contribution in [3.05, 3.63) is 58.6 Å². The van der Waals surface area contributed by atoms with Gasteiger partial charge in [0.1, 0.15) is 0 Å². The Morgan fingerprint density at radius 1 is 1.24 bits per heavy atom. The van der Waals surface area contributed by atoms with Gasteiger partial charge < -0.3 is 9.47 Å². The van der Waals surface area contributed by atoms with Crippen LogP contribution in [0.2, 0.25) is 0 Å². The van der Waals surface area contributed by atoms with E-state index in [1.54, 1.807) is 4.52 Å². The molecule has 4 heterocycles. The predicted octanol–water partition coefficient (Wildman–Crippen LogP) is 2.55. The summed E-state index contributed by atoms with van der Waals surface area (Å²) in [5.41, 5.74) is 2.58. The molecule has 1 amide bonds. The van der Waals surface area contributed by atoms with Crippen LogP contribution in [0, 0.1) is 0 Å². The number of hydrogen-bond acceptors (Lipinski definition) is 2. The fraction of sp³-hybridized carbons (Fsp3) is 0.200. The Balaban J connectivity index is 1.64. The molecule has 0 aliphatic carbocycles. The Hall–Kier alpha value is -2.08. The van der Waals surface area contributed by atoms with Gasteiger partial charge in [0.2, 0.25) is 0 Å². The Morgan fingerprint density at radius 2 is 2.14 bits per heavy atom. The fourth-order valence-electron chi connectivity index (χ4n) is 2.72. The van der Waals surface area contributed by atoms with Crippen LogP contribution in [0.15, 0.2) is 47.2 Å². The lowest BCUT2D eigenvalue weighted by Crippen LogP contribution is -2.38. The number of aromatic nitrogens is 3. The van der Waals surface area contributed by atoms with Crippen molar-refractivity contribution < 1.29 is 4.79 Å². The maximum Gasteiger partial charge on any atom is 0.274 e. The summed E-state index contributed by atoms with van der Waals surface area (Å²) in [7, 11) is 0. The first kappa shape index (κ1) is 12.6. The van der Waals surface area contributed by atoms with Gasteiger partial charge in [-0.2, -0.15) is 5.10 Å². The second kappa shape index (κ2) is 4.73. The van der Waals surface area contributed by atoms with Gasteiger partial charge in [-0.05, 0) is 46.3 Å². The standard InChI is InChI=1S/C15H13BrN4O/c16-11-3-4-12-8-14(17-20(12)9-11)15(21)19-7-6-18-5-1-2-13(18)10-19/h1-5,8-9H,6-7,10H2. The van der Waals surface area contributed by atoms with Crippen LogP contribution in [-0.2, 0) is 13.1 Å². The number of nitrogens with zero attached hydrogens (tertiary/aromatic N) is 4. The monoisotopic (exact) mass is 344 g/mol. The molecule has 0 N–H and O–H groups in total. The van der Waals surface area contributed by atoms with Crippen LogP contribution in [0.4, 0.5) is 0 Å². The van der Waals surface area contributed by atoms with Gasteiger partial charge in [-0.3, -0.25) is 4.79 Å². The first-order valence-electron chi connectivity index (χ1n) is 6.79. The fourth-order valence-corrected chi connectivity index (χ4v) is 3.04. The van der Waals surface area contributed by atoms with E-state index in [9.17, 15) is 4.79 Å². The van der Waals surface area contributed by atoms with E-state index in [0.29, 0.717) is 12.2 Å². The van der Waals surface area contributed by atoms with Gasteiger partial charge >= 0.3 is 0 Å². The maximum atomic E-state index is 12.6. The molecule has 0 aromatic carbocycles. The zero-order valence-corrected chi connectivity index (χ0v) is 12.8. The molecule has 0 fully saturated rings. The minimum atomic E-state index is -0.0118. The molecule has 0 spiro atoms. The number of halogens is 1. The molecule has 21 heavy (non-hydrogen) atoms. The quantitative estimate of drug-likeness (QED) is 0.680. The van der Waals surface area contributed by atoms with Gasteiger partial charge in [0.15, 0.2) is 5.69 Å². The number of fused-ring (bicyclic) bond motifs is 2. The zero-order chi connectivity index (χ0) is 14.4. The summed E-state index contributed by atoms with van der Waals surface area (Å²) in [6, 6.07) is 9.79. The van der Waals surface area contributed by atoms with E-state index in [0.717, 1.165) is 23.1 Å². The summed E-state index contributed by atoms with van der Waals surface area (Å²) >= 11 is 3.41. The van der Waals surface area contributed by atoms with Crippen LogP contribution in [0.25, 0.3) is 5.52 Å². The third-order valence-electron chi connectivity index (χ3n) is 3.82. The number of carbonyl (C=O) groups is 1. The van der Waals surface area contributed by atoms with Gasteiger partial charge in [0, 0.05) is 35.6 Å². The number of rotatable bonds is 1. The summed E-state index contributed by atoms with van der Waals surface area (Å²) in [4.78, 5) is 14.5. The number of amides is 1. The zero-order valence-electron chi connectivity index (χ0n) is 11.2. The van der Waals surface area contributed by atoms with E-state index < -0.39 is 0 Å². The van der Waals surface area contributed by atoms with Crippen LogP contribution < -0.4 is 0 Å². The molecule has 0 unspecified atom stereocenters. The highest BCUT2D eigenvalue weighted by Gasteiger charge is 2.23. The number of carbonyl (C=O) groups excluding carboxylic acids is 1. The molecule has 0 atom stereocenters. The number of hydrogen-bond donors (Lipinski definition) is 0. The Kier molecular flexibility index (Phi) is 2.85. The van der Waals surface area contributed by atoms with E-state index in [4.69, 9.17) is 0 Å². The average Bonchev–Trinajstić information content (AvgIpc) is 3.11. The molecular formula is C15H13BrN4O. The van der Waals surface area contributed by atoms with Crippen molar-refractivity contribution in [3.8, 4) is 0 Å². The van der Waals surface area contributed by atoms with Crippen LogP contribution in [0.3, 0.4) is 0 Å². The number of pyridine rings is 1. The van der Waals surface area contributed by atoms with Crippen LogP contribution >= 0.6 is 15.9 Å². The lowest BCUT2D eigenvalue weighted by molar-refractivity contribution is 0.0705. The lowest BCUT2D eigenvalue weighted by atomic mass is 10.2. The van der Waals surface area contributed by atoms with Gasteiger partial charge in [-0.1, -0.05) is 0 Å². The largest absolute Gasteiger partial charge is 0.348 e. The van der Waals surface area contributed by atoms with E-state index in [-0.39, 0.29) is 5.91 Å². The molecule has 0 saturated heterocycles. The molecule has 0 bridgehead atoms. The van der Waals surface area contributed by atoms with E-state index in [1.165, 1.54) is 5.69 Å². The third-order valence-corrected chi connectivity index (χ3v) is 4.29. The van der Waals surface area contributed by atoms with Gasteiger partial charge in [-0.25, -0.2) is 4.52 Å². The minimum absolute atomic E-state index is 0.0118. The van der Waals surface area contributed by atoms with Crippen molar-refractivity contribution in [2.24, 2.45) is 0 Å². The van der Waals surface area contributed by atoms with Crippen LogP contribution in [0.1, 0.15) is 16.2 Å². The highest BCUT2D eigenvalue weighted by Crippen LogP contribution is 2.17. The molecule has 106 valence electrons. The summed E-state index contributed by atoms with van der Waals surface area (Å²) in [6.07, 6.45) is 3.91. The Labute approximate surface area is 129 Å². The van der Waals surface area contributed by atoms with Crippen molar-refractivity contribution in [2.75, 3.05) is 6.54 Å². The van der Waals surface area contributed by atoms with Gasteiger partial charge in [0.25, 0.3) is 5.91 Å². The van der Waals surface area contributed by atoms with E-state index >= 15 is 0 Å². The van der Waals surface area contributed by atoms with E-state index in [2.05, 4.69) is 37.9 Å². The molecule has 6 heteroatoms. The summed E-state index contributed by atoms with van der Waals surface area (Å²) in [5, 5.41) is 4.38. The molecule has 0 radical (unpaired) electrons. The van der Waals surface area contributed by atoms with Gasteiger partial charge in [-0.15, -0.1) is 0 Å². The summed E-state index contributed by atoms with van der Waals surface area (Å²) in [6.45, 7) is 2.20. The highest BCUT2D eigenvalue weighted by molar-refractivity contribution is 9.10. The molecule has 3 aromatic heterocycles. The van der Waals surface area contributed by atoms with Gasteiger partial charge in [0.05, 0.1) is 12.1 Å². The summed E-state index contributed by atoms with van der Waals surface area (Å²) < 4.78 is 4.85. The Bertz CT molecular complexity index is 835. The van der Waals surface area contributed by atoms with Crippen molar-refractivity contribution in [1.82, 2.24) is 19.1 Å². The topological polar surface area (TPSA) is 42.5 Å². The molecule has 0 saturated carbocycles. The SMILES string of the molecule is O=C(c1cc2ccc(Br)cn2n1)N1CCn2cccc2C1. The first-order valence-corrected chi connectivity index (χ1v) is 7.58. The second-order valence-electron chi connectivity index (χ2n) is 5.17. The molecular weight excluding hydrogens is 332 g/mol. The minimum Gasteiger partial charge on any atom is -0.348 e. The van der Waals surface area contributed by atoms with Crippen molar-refractivity contribution in [3.63, 3.8) is 0 Å². The van der Waals surface area contributed by atoms with Crippen molar-refractivity contribution in [2.45, 2.75) is 13.1 Å². The maximum absolute atomic E-state index is 12.6. The molecule has 3 aromatic rings. The van der Waals surface area contributed by atoms with Crippen LogP contribution in [0.5, 0.6) is 0 Å². The van der Waals surface area contributed by atoms with Crippen LogP contribution in [-0.4, -0.2) is 31.5 Å². The second-order valence-corrected chi connectivity index (χ2v) is 6.08. The Morgan fingerprint density at radius 3 is 3.05 bits per heavy atom. The molecule has 1 aliphatic heterocycles. The van der Waals surface area contributed by atoms with Crippen molar-refractivity contribution in [1.29, 1.82) is 0 Å². The first-order chi connectivity index (χ1) is 10.2. The molecule has 5 nitrogen and oxygen atoms in total. The third kappa shape index (κ3) is 2.15. The highest BCUT2D eigenvalue weighted by atomic mass is 79.9.